The summed E-state index contributed by atoms with van der Waals surface area (Å²) in [7, 11) is 1.91. The van der Waals surface area contributed by atoms with Crippen LogP contribution in [0.25, 0.3) is 10.9 Å². The predicted molar refractivity (Wildman–Crippen MR) is 89.2 cm³/mol. The quantitative estimate of drug-likeness (QED) is 0.645. The number of rotatable bonds is 4. The SMILES string of the molecule is Cn1cc(C(=O)COc2cc(Cl)cc(Cl)c2)c2ccccc21. The van der Waals surface area contributed by atoms with Gasteiger partial charge in [0.1, 0.15) is 5.75 Å². The van der Waals surface area contributed by atoms with Crippen LogP contribution in [0.4, 0.5) is 0 Å². The molecule has 0 saturated heterocycles. The van der Waals surface area contributed by atoms with Gasteiger partial charge in [-0.05, 0) is 24.3 Å². The second-order valence-corrected chi connectivity index (χ2v) is 5.86. The van der Waals surface area contributed by atoms with Crippen molar-refractivity contribution in [1.29, 1.82) is 0 Å². The number of para-hydroxylation sites is 1. The molecule has 1 heterocycles. The monoisotopic (exact) mass is 333 g/mol. The molecule has 3 rings (SSSR count). The fraction of sp³-hybridized carbons (Fsp3) is 0.118. The Labute approximate surface area is 138 Å². The van der Waals surface area contributed by atoms with Gasteiger partial charge in [0, 0.05) is 39.8 Å². The Hall–Kier alpha value is -1.97. The number of nitrogens with zero attached hydrogens (tertiary/aromatic N) is 1. The van der Waals surface area contributed by atoms with Crippen molar-refractivity contribution in [1.82, 2.24) is 4.57 Å². The average Bonchev–Trinajstić information content (AvgIpc) is 2.82. The Kier molecular flexibility index (Phi) is 4.10. The van der Waals surface area contributed by atoms with Gasteiger partial charge in [-0.15, -0.1) is 0 Å². The summed E-state index contributed by atoms with van der Waals surface area (Å²) >= 11 is 11.8. The number of aryl methyl sites for hydroxylation is 1. The smallest absolute Gasteiger partial charge is 0.202 e. The van der Waals surface area contributed by atoms with E-state index >= 15 is 0 Å². The standard InChI is InChI=1S/C17H13Cl2NO2/c1-20-9-15(14-4-2-3-5-16(14)20)17(21)10-22-13-7-11(18)6-12(19)8-13/h2-9H,10H2,1H3. The number of carbonyl (C=O) groups is 1. The van der Waals surface area contributed by atoms with Crippen LogP contribution in [0.5, 0.6) is 5.75 Å². The molecule has 3 aromatic rings. The zero-order valence-corrected chi connectivity index (χ0v) is 13.4. The number of halogens is 2. The van der Waals surface area contributed by atoms with Crippen molar-refractivity contribution in [2.24, 2.45) is 7.05 Å². The van der Waals surface area contributed by atoms with Crippen LogP contribution in [-0.4, -0.2) is 17.0 Å². The third-order valence-electron chi connectivity index (χ3n) is 3.40. The van der Waals surface area contributed by atoms with E-state index in [0.29, 0.717) is 21.4 Å². The molecule has 5 heteroatoms. The molecule has 0 aliphatic carbocycles. The maximum absolute atomic E-state index is 12.4. The van der Waals surface area contributed by atoms with E-state index in [1.54, 1.807) is 18.2 Å². The van der Waals surface area contributed by atoms with Gasteiger partial charge in [0.25, 0.3) is 0 Å². The van der Waals surface area contributed by atoms with Gasteiger partial charge in [0.05, 0.1) is 0 Å². The molecule has 0 N–H and O–H groups in total. The Morgan fingerprint density at radius 3 is 2.55 bits per heavy atom. The van der Waals surface area contributed by atoms with Crippen molar-refractivity contribution < 1.29 is 9.53 Å². The molecule has 0 aliphatic heterocycles. The van der Waals surface area contributed by atoms with Gasteiger partial charge in [-0.25, -0.2) is 0 Å². The first-order valence-electron chi connectivity index (χ1n) is 6.71. The summed E-state index contributed by atoms with van der Waals surface area (Å²) in [6.45, 7) is -0.0648. The molecular weight excluding hydrogens is 321 g/mol. The molecule has 0 bridgehead atoms. The molecule has 0 spiro atoms. The second kappa shape index (κ2) is 6.03. The Morgan fingerprint density at radius 2 is 1.82 bits per heavy atom. The molecule has 3 nitrogen and oxygen atoms in total. The third kappa shape index (κ3) is 2.96. The van der Waals surface area contributed by atoms with Gasteiger partial charge >= 0.3 is 0 Å². The van der Waals surface area contributed by atoms with Crippen molar-refractivity contribution in [3.63, 3.8) is 0 Å². The van der Waals surface area contributed by atoms with Crippen molar-refractivity contribution in [2.45, 2.75) is 0 Å². The van der Waals surface area contributed by atoms with Crippen LogP contribution in [0, 0.1) is 0 Å². The molecule has 0 fully saturated rings. The predicted octanol–water partition coefficient (Wildman–Crippen LogP) is 4.75. The summed E-state index contributed by atoms with van der Waals surface area (Å²) < 4.78 is 7.44. The fourth-order valence-corrected chi connectivity index (χ4v) is 2.91. The number of hydrogen-bond acceptors (Lipinski definition) is 2. The van der Waals surface area contributed by atoms with Crippen LogP contribution >= 0.6 is 23.2 Å². The summed E-state index contributed by atoms with van der Waals surface area (Å²) in [6.07, 6.45) is 1.82. The molecule has 0 radical (unpaired) electrons. The number of hydrogen-bond donors (Lipinski definition) is 0. The Morgan fingerprint density at radius 1 is 1.14 bits per heavy atom. The van der Waals surface area contributed by atoms with Gasteiger partial charge in [0.2, 0.25) is 5.78 Å². The first-order valence-corrected chi connectivity index (χ1v) is 7.46. The third-order valence-corrected chi connectivity index (χ3v) is 3.84. The second-order valence-electron chi connectivity index (χ2n) is 4.99. The lowest BCUT2D eigenvalue weighted by atomic mass is 10.1. The number of Topliss-reactive ketones (excluding diaryl/α,β-unsaturated/α-hetero) is 1. The minimum atomic E-state index is -0.0899. The number of ketones is 1. The Bertz CT molecular complexity index is 835. The van der Waals surface area contributed by atoms with Crippen LogP contribution in [0.15, 0.2) is 48.7 Å². The Balaban J connectivity index is 1.82. The van der Waals surface area contributed by atoms with Crippen molar-refractivity contribution in [3.05, 3.63) is 64.3 Å². The van der Waals surface area contributed by atoms with E-state index in [9.17, 15) is 4.79 Å². The topological polar surface area (TPSA) is 31.2 Å². The lowest BCUT2D eigenvalue weighted by Gasteiger charge is -2.06. The zero-order chi connectivity index (χ0) is 15.7. The van der Waals surface area contributed by atoms with Crippen LogP contribution in [0.1, 0.15) is 10.4 Å². The first kappa shape index (κ1) is 14.9. The molecule has 2 aromatic carbocycles. The van der Waals surface area contributed by atoms with E-state index in [1.165, 1.54) is 0 Å². The highest BCUT2D eigenvalue weighted by Gasteiger charge is 2.14. The average molecular weight is 334 g/mol. The van der Waals surface area contributed by atoms with E-state index in [2.05, 4.69) is 0 Å². The summed E-state index contributed by atoms with van der Waals surface area (Å²) in [5.74, 6) is 0.388. The van der Waals surface area contributed by atoms with E-state index in [-0.39, 0.29) is 12.4 Å². The number of benzene rings is 2. The molecule has 112 valence electrons. The summed E-state index contributed by atoms with van der Waals surface area (Å²) in [5, 5.41) is 1.86. The normalized spacial score (nSPS) is 10.9. The van der Waals surface area contributed by atoms with Crippen LogP contribution in [0.3, 0.4) is 0 Å². The van der Waals surface area contributed by atoms with Crippen molar-refractivity contribution in [3.8, 4) is 5.75 Å². The van der Waals surface area contributed by atoms with Gasteiger partial charge in [-0.3, -0.25) is 4.79 Å². The van der Waals surface area contributed by atoms with Crippen LogP contribution in [0.2, 0.25) is 10.0 Å². The highest BCUT2D eigenvalue weighted by molar-refractivity contribution is 6.34. The van der Waals surface area contributed by atoms with E-state index in [1.807, 2.05) is 42.1 Å². The molecule has 0 unspecified atom stereocenters. The molecule has 1 aromatic heterocycles. The van der Waals surface area contributed by atoms with Crippen LogP contribution in [-0.2, 0) is 7.05 Å². The van der Waals surface area contributed by atoms with Gasteiger partial charge in [0.15, 0.2) is 6.61 Å². The van der Waals surface area contributed by atoms with Gasteiger partial charge in [-0.2, -0.15) is 0 Å². The fourth-order valence-electron chi connectivity index (χ4n) is 2.40. The maximum Gasteiger partial charge on any atom is 0.202 e. The first-order chi connectivity index (χ1) is 10.5. The number of ether oxygens (including phenoxy) is 1. The van der Waals surface area contributed by atoms with Crippen molar-refractivity contribution >= 4 is 39.9 Å². The lowest BCUT2D eigenvalue weighted by Crippen LogP contribution is -2.11. The molecule has 0 atom stereocenters. The summed E-state index contributed by atoms with van der Waals surface area (Å²) in [6, 6.07) is 12.6. The van der Waals surface area contributed by atoms with Crippen LogP contribution < -0.4 is 4.74 Å². The number of carbonyl (C=O) groups excluding carboxylic acids is 1. The largest absolute Gasteiger partial charge is 0.485 e. The van der Waals surface area contributed by atoms with Crippen molar-refractivity contribution in [2.75, 3.05) is 6.61 Å². The molecule has 0 amide bonds. The summed E-state index contributed by atoms with van der Waals surface area (Å²) in [4.78, 5) is 12.4. The molecule has 0 aliphatic rings. The molecule has 0 saturated carbocycles. The van der Waals surface area contributed by atoms with Gasteiger partial charge in [-0.1, -0.05) is 41.4 Å². The minimum Gasteiger partial charge on any atom is -0.485 e. The van der Waals surface area contributed by atoms with Gasteiger partial charge < -0.3 is 9.30 Å². The van der Waals surface area contributed by atoms with E-state index in [4.69, 9.17) is 27.9 Å². The minimum absolute atomic E-state index is 0.0648. The number of fused-ring (bicyclic) bond motifs is 1. The highest BCUT2D eigenvalue weighted by Crippen LogP contribution is 2.25. The zero-order valence-electron chi connectivity index (χ0n) is 11.8. The summed E-state index contributed by atoms with van der Waals surface area (Å²) in [5.41, 5.74) is 1.66. The molecule has 22 heavy (non-hydrogen) atoms. The maximum atomic E-state index is 12.4. The lowest BCUT2D eigenvalue weighted by molar-refractivity contribution is 0.0923. The highest BCUT2D eigenvalue weighted by atomic mass is 35.5. The van der Waals surface area contributed by atoms with E-state index in [0.717, 1.165) is 10.9 Å². The molecular formula is C17H13Cl2NO2. The number of aromatic nitrogens is 1. The van der Waals surface area contributed by atoms with E-state index < -0.39 is 0 Å².